The van der Waals surface area contributed by atoms with E-state index in [0.29, 0.717) is 42.5 Å². The molecular weight excluding hydrogens is 385 g/mol. The molecule has 0 unspecified atom stereocenters. The third kappa shape index (κ3) is 4.81. The molecule has 1 aliphatic heterocycles. The second-order valence-electron chi connectivity index (χ2n) is 6.96. The van der Waals surface area contributed by atoms with Crippen molar-refractivity contribution in [3.8, 4) is 16.9 Å². The minimum atomic E-state index is -3.45. The number of nitrogens with zero attached hydrogens (tertiary/aromatic N) is 1. The predicted molar refractivity (Wildman–Crippen MR) is 103 cm³/mol. The van der Waals surface area contributed by atoms with Gasteiger partial charge in [0.25, 0.3) is 0 Å². The van der Waals surface area contributed by atoms with Gasteiger partial charge >= 0.3 is 6.09 Å². The van der Waals surface area contributed by atoms with E-state index in [9.17, 15) is 17.6 Å². The summed E-state index contributed by atoms with van der Waals surface area (Å²) in [5, 5.41) is 8.96. The largest absolute Gasteiger partial charge is 0.493 e. The first-order chi connectivity index (χ1) is 13.2. The Kier molecular flexibility index (Phi) is 5.88. The highest BCUT2D eigenvalue weighted by Gasteiger charge is 2.22. The first kappa shape index (κ1) is 20.1. The summed E-state index contributed by atoms with van der Waals surface area (Å²) in [4.78, 5) is 12.3. The summed E-state index contributed by atoms with van der Waals surface area (Å²) in [7, 11) is -3.45. The van der Waals surface area contributed by atoms with Gasteiger partial charge in [0, 0.05) is 24.9 Å². The van der Waals surface area contributed by atoms with Gasteiger partial charge in [-0.25, -0.2) is 17.6 Å². The standard InChI is InChI=1S/C20H22FNO5S/c1-28(25,26)17-6-7-18(19(21)12-17)15-2-4-16(5-3-15)27-13-14-8-10-22(11-9-14)20(23)24/h2-7,12,14H,8-11,13H2,1H3,(H,23,24). The Balaban J connectivity index is 1.61. The van der Waals surface area contributed by atoms with Crippen molar-refractivity contribution < 1.29 is 27.4 Å². The lowest BCUT2D eigenvalue weighted by atomic mass is 9.98. The fourth-order valence-corrected chi connectivity index (χ4v) is 3.83. The van der Waals surface area contributed by atoms with Gasteiger partial charge in [-0.3, -0.25) is 0 Å². The zero-order chi connectivity index (χ0) is 20.3. The second kappa shape index (κ2) is 8.18. The molecule has 6 nitrogen and oxygen atoms in total. The molecule has 28 heavy (non-hydrogen) atoms. The number of sulfone groups is 1. The Morgan fingerprint density at radius 2 is 1.82 bits per heavy atom. The van der Waals surface area contributed by atoms with Gasteiger partial charge in [-0.1, -0.05) is 18.2 Å². The SMILES string of the molecule is CS(=O)(=O)c1ccc(-c2ccc(OCC3CCN(C(=O)O)CC3)cc2)c(F)c1. The number of piperidine rings is 1. The summed E-state index contributed by atoms with van der Waals surface area (Å²) in [6.07, 6.45) is 1.69. The van der Waals surface area contributed by atoms with E-state index in [-0.39, 0.29) is 4.90 Å². The molecule has 150 valence electrons. The molecule has 0 atom stereocenters. The molecule has 0 bridgehead atoms. The van der Waals surface area contributed by atoms with Gasteiger partial charge in [-0.15, -0.1) is 0 Å². The molecule has 2 aromatic carbocycles. The Bertz CT molecular complexity index is 951. The number of hydrogen-bond acceptors (Lipinski definition) is 4. The average Bonchev–Trinajstić information content (AvgIpc) is 2.66. The highest BCUT2D eigenvalue weighted by Crippen LogP contribution is 2.27. The van der Waals surface area contributed by atoms with Crippen LogP contribution in [0.5, 0.6) is 5.75 Å². The molecule has 0 spiro atoms. The zero-order valence-corrected chi connectivity index (χ0v) is 16.3. The van der Waals surface area contributed by atoms with Crippen molar-refractivity contribution in [1.82, 2.24) is 4.90 Å². The third-order valence-corrected chi connectivity index (χ3v) is 6.02. The number of carbonyl (C=O) groups is 1. The van der Waals surface area contributed by atoms with E-state index in [0.717, 1.165) is 25.2 Å². The Labute approximate surface area is 163 Å². The smallest absolute Gasteiger partial charge is 0.407 e. The molecule has 1 aliphatic rings. The van der Waals surface area contributed by atoms with Crippen molar-refractivity contribution >= 4 is 15.9 Å². The van der Waals surface area contributed by atoms with Crippen molar-refractivity contribution in [2.75, 3.05) is 26.0 Å². The quantitative estimate of drug-likeness (QED) is 0.818. The van der Waals surface area contributed by atoms with E-state index in [2.05, 4.69) is 0 Å². The number of likely N-dealkylation sites (tertiary alicyclic amines) is 1. The number of ether oxygens (including phenoxy) is 1. The number of halogens is 1. The average molecular weight is 407 g/mol. The highest BCUT2D eigenvalue weighted by molar-refractivity contribution is 7.90. The van der Waals surface area contributed by atoms with E-state index < -0.39 is 21.7 Å². The molecule has 8 heteroatoms. The highest BCUT2D eigenvalue weighted by atomic mass is 32.2. The fourth-order valence-electron chi connectivity index (χ4n) is 3.20. The molecule has 2 aromatic rings. The van der Waals surface area contributed by atoms with E-state index in [1.807, 2.05) is 0 Å². The van der Waals surface area contributed by atoms with Crippen molar-refractivity contribution in [3.05, 3.63) is 48.3 Å². The summed E-state index contributed by atoms with van der Waals surface area (Å²) < 4.78 is 43.1. The monoisotopic (exact) mass is 407 g/mol. The van der Waals surface area contributed by atoms with Gasteiger partial charge in [0.05, 0.1) is 11.5 Å². The minimum Gasteiger partial charge on any atom is -0.493 e. The Morgan fingerprint density at radius 3 is 2.36 bits per heavy atom. The number of hydrogen-bond donors (Lipinski definition) is 1. The van der Waals surface area contributed by atoms with E-state index in [1.165, 1.54) is 17.0 Å². The van der Waals surface area contributed by atoms with Crippen LogP contribution in [-0.4, -0.2) is 50.5 Å². The number of amides is 1. The van der Waals surface area contributed by atoms with Crippen LogP contribution in [-0.2, 0) is 9.84 Å². The number of rotatable bonds is 5. The van der Waals surface area contributed by atoms with Crippen LogP contribution >= 0.6 is 0 Å². The van der Waals surface area contributed by atoms with Crippen LogP contribution in [0.1, 0.15) is 12.8 Å². The van der Waals surface area contributed by atoms with E-state index in [1.54, 1.807) is 24.3 Å². The summed E-state index contributed by atoms with van der Waals surface area (Å²) in [5.41, 5.74) is 0.944. The Morgan fingerprint density at radius 1 is 1.18 bits per heavy atom. The molecular formula is C20H22FNO5S. The van der Waals surface area contributed by atoms with Crippen molar-refractivity contribution in [3.63, 3.8) is 0 Å². The van der Waals surface area contributed by atoms with Gasteiger partial charge < -0.3 is 14.7 Å². The van der Waals surface area contributed by atoms with Crippen LogP contribution in [0.25, 0.3) is 11.1 Å². The van der Waals surface area contributed by atoms with Crippen LogP contribution in [0.2, 0.25) is 0 Å². The fraction of sp³-hybridized carbons (Fsp3) is 0.350. The van der Waals surface area contributed by atoms with Crippen LogP contribution < -0.4 is 4.74 Å². The molecule has 1 N–H and O–H groups in total. The van der Waals surface area contributed by atoms with Gasteiger partial charge in [-0.05, 0) is 48.6 Å². The zero-order valence-electron chi connectivity index (χ0n) is 15.5. The van der Waals surface area contributed by atoms with E-state index in [4.69, 9.17) is 9.84 Å². The van der Waals surface area contributed by atoms with Crippen molar-refractivity contribution in [1.29, 1.82) is 0 Å². The maximum absolute atomic E-state index is 14.3. The summed E-state index contributed by atoms with van der Waals surface area (Å²) in [6, 6.07) is 10.8. The summed E-state index contributed by atoms with van der Waals surface area (Å²) >= 11 is 0. The van der Waals surface area contributed by atoms with Crippen LogP contribution in [0.3, 0.4) is 0 Å². The molecule has 0 saturated carbocycles. The van der Waals surface area contributed by atoms with Gasteiger partial charge in [0.1, 0.15) is 11.6 Å². The first-order valence-corrected chi connectivity index (χ1v) is 10.8. The first-order valence-electron chi connectivity index (χ1n) is 8.95. The predicted octanol–water partition coefficient (Wildman–Crippen LogP) is 3.67. The maximum Gasteiger partial charge on any atom is 0.407 e. The molecule has 1 saturated heterocycles. The lowest BCUT2D eigenvalue weighted by Crippen LogP contribution is -2.38. The molecule has 3 rings (SSSR count). The maximum atomic E-state index is 14.3. The number of carboxylic acid groups (broad SMARTS) is 1. The lowest BCUT2D eigenvalue weighted by molar-refractivity contribution is 0.111. The third-order valence-electron chi connectivity index (χ3n) is 4.90. The van der Waals surface area contributed by atoms with E-state index >= 15 is 0 Å². The molecule has 1 heterocycles. The van der Waals surface area contributed by atoms with Crippen molar-refractivity contribution in [2.45, 2.75) is 17.7 Å². The molecule has 1 amide bonds. The van der Waals surface area contributed by atoms with Crippen LogP contribution in [0, 0.1) is 11.7 Å². The van der Waals surface area contributed by atoms with Crippen LogP contribution in [0.4, 0.5) is 9.18 Å². The van der Waals surface area contributed by atoms with Gasteiger partial charge in [0.15, 0.2) is 9.84 Å². The Hall–Kier alpha value is -2.61. The minimum absolute atomic E-state index is 0.0531. The second-order valence-corrected chi connectivity index (χ2v) is 8.98. The van der Waals surface area contributed by atoms with Gasteiger partial charge in [-0.2, -0.15) is 0 Å². The molecule has 1 fully saturated rings. The summed E-state index contributed by atoms with van der Waals surface area (Å²) in [5.74, 6) is 0.357. The molecule has 0 aromatic heterocycles. The molecule has 0 radical (unpaired) electrons. The number of benzene rings is 2. The molecule has 0 aliphatic carbocycles. The lowest BCUT2D eigenvalue weighted by Gasteiger charge is -2.29. The van der Waals surface area contributed by atoms with Crippen molar-refractivity contribution in [2.24, 2.45) is 5.92 Å². The van der Waals surface area contributed by atoms with Gasteiger partial charge in [0.2, 0.25) is 0 Å². The topological polar surface area (TPSA) is 83.9 Å². The summed E-state index contributed by atoms with van der Waals surface area (Å²) in [6.45, 7) is 1.54. The normalized spacial score (nSPS) is 15.4. The van der Waals surface area contributed by atoms with Crippen LogP contribution in [0.15, 0.2) is 47.4 Å².